The average Bonchev–Trinajstić information content (AvgIpc) is 2.97. The molecule has 7 nitrogen and oxygen atoms in total. The molecule has 1 aromatic heterocycles. The highest BCUT2D eigenvalue weighted by Crippen LogP contribution is 2.19. The lowest BCUT2D eigenvalue weighted by Gasteiger charge is -2.17. The Balaban J connectivity index is 1.62. The molecule has 1 aliphatic rings. The van der Waals surface area contributed by atoms with Gasteiger partial charge in [-0.05, 0) is 37.1 Å². The van der Waals surface area contributed by atoms with E-state index in [-0.39, 0.29) is 23.4 Å². The Kier molecular flexibility index (Phi) is 7.21. The van der Waals surface area contributed by atoms with Gasteiger partial charge in [-0.2, -0.15) is 4.31 Å². The smallest absolute Gasteiger partial charge is 0.254 e. The first kappa shape index (κ1) is 21.7. The SMILES string of the molecule is CN(Cc1ncc(C(=O)NC2CCCCCC2)cn1)S(=O)(=O)c1ccc(Cl)cc1. The van der Waals surface area contributed by atoms with Crippen molar-refractivity contribution in [3.8, 4) is 0 Å². The molecule has 9 heteroatoms. The molecule has 29 heavy (non-hydrogen) atoms. The van der Waals surface area contributed by atoms with E-state index in [4.69, 9.17) is 11.6 Å². The minimum Gasteiger partial charge on any atom is -0.349 e. The van der Waals surface area contributed by atoms with Crippen LogP contribution in [0.5, 0.6) is 0 Å². The summed E-state index contributed by atoms with van der Waals surface area (Å²) in [5.41, 5.74) is 0.376. The van der Waals surface area contributed by atoms with Crippen LogP contribution in [0, 0.1) is 0 Å². The molecule has 0 aliphatic heterocycles. The summed E-state index contributed by atoms with van der Waals surface area (Å²) in [6.45, 7) is -0.00448. The van der Waals surface area contributed by atoms with Crippen LogP contribution in [-0.2, 0) is 16.6 Å². The molecule has 1 fully saturated rings. The Bertz CT molecular complexity index is 925. The van der Waals surface area contributed by atoms with Gasteiger partial charge in [-0.25, -0.2) is 18.4 Å². The van der Waals surface area contributed by atoms with Crippen molar-refractivity contribution >= 4 is 27.5 Å². The van der Waals surface area contributed by atoms with Gasteiger partial charge in [0.1, 0.15) is 5.82 Å². The lowest BCUT2D eigenvalue weighted by atomic mass is 10.1. The number of sulfonamides is 1. The second kappa shape index (κ2) is 9.65. The van der Waals surface area contributed by atoms with Crippen molar-refractivity contribution in [3.63, 3.8) is 0 Å². The highest BCUT2D eigenvalue weighted by Gasteiger charge is 2.22. The van der Waals surface area contributed by atoms with Crippen LogP contribution in [0.15, 0.2) is 41.6 Å². The van der Waals surface area contributed by atoms with Crippen molar-refractivity contribution < 1.29 is 13.2 Å². The summed E-state index contributed by atoms with van der Waals surface area (Å²) < 4.78 is 26.4. The summed E-state index contributed by atoms with van der Waals surface area (Å²) in [4.78, 5) is 20.9. The van der Waals surface area contributed by atoms with Gasteiger partial charge in [0.2, 0.25) is 10.0 Å². The molecule has 1 heterocycles. The number of halogens is 1. The van der Waals surface area contributed by atoms with E-state index in [9.17, 15) is 13.2 Å². The van der Waals surface area contributed by atoms with E-state index in [0.717, 1.165) is 30.0 Å². The molecule has 2 aromatic rings. The van der Waals surface area contributed by atoms with Crippen LogP contribution in [-0.4, -0.2) is 41.7 Å². The highest BCUT2D eigenvalue weighted by molar-refractivity contribution is 7.89. The van der Waals surface area contributed by atoms with Crippen LogP contribution in [0.25, 0.3) is 0 Å². The largest absolute Gasteiger partial charge is 0.349 e. The molecule has 0 radical (unpaired) electrons. The van der Waals surface area contributed by atoms with Crippen LogP contribution >= 0.6 is 11.6 Å². The first-order valence-electron chi connectivity index (χ1n) is 9.70. The molecular formula is C20H25ClN4O3S. The van der Waals surface area contributed by atoms with E-state index in [1.165, 1.54) is 56.5 Å². The number of aromatic nitrogens is 2. The van der Waals surface area contributed by atoms with Gasteiger partial charge in [-0.3, -0.25) is 4.79 Å². The van der Waals surface area contributed by atoms with Gasteiger partial charge in [-0.15, -0.1) is 0 Å². The van der Waals surface area contributed by atoms with Crippen molar-refractivity contribution in [3.05, 3.63) is 53.1 Å². The van der Waals surface area contributed by atoms with Crippen molar-refractivity contribution in [1.82, 2.24) is 19.6 Å². The standard InChI is InChI=1S/C20H25ClN4O3S/c1-25(29(27,28)18-10-8-16(21)9-11-18)14-19-22-12-15(13-23-19)20(26)24-17-6-4-2-3-5-7-17/h8-13,17H,2-7,14H2,1H3,(H,24,26). The fourth-order valence-electron chi connectivity index (χ4n) is 3.32. The number of nitrogens with one attached hydrogen (secondary N) is 1. The Labute approximate surface area is 176 Å². The molecule has 0 unspecified atom stereocenters. The number of hydrogen-bond donors (Lipinski definition) is 1. The van der Waals surface area contributed by atoms with Crippen LogP contribution < -0.4 is 5.32 Å². The fraction of sp³-hybridized carbons (Fsp3) is 0.450. The molecule has 156 valence electrons. The minimum atomic E-state index is -3.69. The summed E-state index contributed by atoms with van der Waals surface area (Å²) >= 11 is 5.82. The van der Waals surface area contributed by atoms with E-state index in [2.05, 4.69) is 15.3 Å². The number of rotatable bonds is 6. The highest BCUT2D eigenvalue weighted by atomic mass is 35.5. The van der Waals surface area contributed by atoms with Gasteiger partial charge in [0.25, 0.3) is 5.91 Å². The van der Waals surface area contributed by atoms with E-state index in [1.54, 1.807) is 0 Å². The molecular weight excluding hydrogens is 412 g/mol. The number of carbonyl (C=O) groups is 1. The zero-order valence-electron chi connectivity index (χ0n) is 16.3. The Morgan fingerprint density at radius 1 is 1.10 bits per heavy atom. The summed E-state index contributed by atoms with van der Waals surface area (Å²) in [6.07, 6.45) is 9.58. The number of benzene rings is 1. The molecule has 1 N–H and O–H groups in total. The molecule has 1 aromatic carbocycles. The summed E-state index contributed by atoms with van der Waals surface area (Å²) in [5, 5.41) is 3.52. The molecule has 0 bridgehead atoms. The molecule has 0 saturated heterocycles. The molecule has 1 aliphatic carbocycles. The predicted octanol–water partition coefficient (Wildman–Crippen LogP) is 3.40. The zero-order chi connectivity index (χ0) is 20.9. The van der Waals surface area contributed by atoms with Gasteiger partial charge in [0.05, 0.1) is 17.0 Å². The summed E-state index contributed by atoms with van der Waals surface area (Å²) in [5.74, 6) is 0.127. The number of amides is 1. The van der Waals surface area contributed by atoms with Gasteiger partial charge >= 0.3 is 0 Å². The second-order valence-electron chi connectivity index (χ2n) is 7.26. The van der Waals surface area contributed by atoms with Crippen molar-refractivity contribution in [1.29, 1.82) is 0 Å². The molecule has 0 spiro atoms. The third-order valence-corrected chi connectivity index (χ3v) is 7.11. The lowest BCUT2D eigenvalue weighted by Crippen LogP contribution is -2.34. The fourth-order valence-corrected chi connectivity index (χ4v) is 4.57. The Morgan fingerprint density at radius 3 is 2.28 bits per heavy atom. The predicted molar refractivity (Wildman–Crippen MR) is 111 cm³/mol. The first-order chi connectivity index (χ1) is 13.9. The number of nitrogens with zero attached hydrogens (tertiary/aromatic N) is 3. The Morgan fingerprint density at radius 2 is 1.69 bits per heavy atom. The summed E-state index contributed by atoms with van der Waals surface area (Å²) in [6, 6.07) is 6.16. The van der Waals surface area contributed by atoms with Crippen LogP contribution in [0.2, 0.25) is 5.02 Å². The van der Waals surface area contributed by atoms with E-state index in [1.807, 2.05) is 0 Å². The van der Waals surface area contributed by atoms with Crippen LogP contribution in [0.3, 0.4) is 0 Å². The molecule has 3 rings (SSSR count). The van der Waals surface area contributed by atoms with Gasteiger partial charge in [0.15, 0.2) is 0 Å². The van der Waals surface area contributed by atoms with E-state index in [0.29, 0.717) is 16.4 Å². The normalized spacial score (nSPS) is 15.8. The third-order valence-electron chi connectivity index (χ3n) is 5.04. The molecule has 1 amide bonds. The lowest BCUT2D eigenvalue weighted by molar-refractivity contribution is 0.0932. The van der Waals surface area contributed by atoms with Gasteiger partial charge in [-0.1, -0.05) is 37.3 Å². The van der Waals surface area contributed by atoms with Crippen molar-refractivity contribution in [2.24, 2.45) is 0 Å². The number of carbonyl (C=O) groups excluding carboxylic acids is 1. The quantitative estimate of drug-likeness (QED) is 0.700. The molecule has 1 saturated carbocycles. The summed E-state index contributed by atoms with van der Waals surface area (Å²) in [7, 11) is -2.23. The topological polar surface area (TPSA) is 92.3 Å². The van der Waals surface area contributed by atoms with E-state index >= 15 is 0 Å². The average molecular weight is 437 g/mol. The maximum Gasteiger partial charge on any atom is 0.254 e. The molecule has 0 atom stereocenters. The van der Waals surface area contributed by atoms with Gasteiger partial charge in [0, 0.05) is 30.5 Å². The first-order valence-corrected chi connectivity index (χ1v) is 11.5. The second-order valence-corrected chi connectivity index (χ2v) is 9.75. The third kappa shape index (κ3) is 5.74. The Hall–Kier alpha value is -2.03. The minimum absolute atomic E-state index is 0.00448. The number of hydrogen-bond acceptors (Lipinski definition) is 5. The van der Waals surface area contributed by atoms with Crippen molar-refractivity contribution in [2.75, 3.05) is 7.05 Å². The zero-order valence-corrected chi connectivity index (χ0v) is 17.9. The van der Waals surface area contributed by atoms with Crippen LogP contribution in [0.1, 0.15) is 54.7 Å². The van der Waals surface area contributed by atoms with Crippen molar-refractivity contribution in [2.45, 2.75) is 56.0 Å². The van der Waals surface area contributed by atoms with E-state index < -0.39 is 10.0 Å². The maximum atomic E-state index is 12.6. The maximum absolute atomic E-state index is 12.6. The van der Waals surface area contributed by atoms with Gasteiger partial charge < -0.3 is 5.32 Å². The van der Waals surface area contributed by atoms with Crippen LogP contribution in [0.4, 0.5) is 0 Å². The monoisotopic (exact) mass is 436 g/mol.